The van der Waals surface area contributed by atoms with Gasteiger partial charge in [0.25, 0.3) is 0 Å². The predicted octanol–water partition coefficient (Wildman–Crippen LogP) is 3.40. The molecule has 0 amide bonds. The lowest BCUT2D eigenvalue weighted by molar-refractivity contribution is 1.03. The molecular weight excluding hydrogens is 335 g/mol. The second-order valence-corrected chi connectivity index (χ2v) is 5.78. The van der Waals surface area contributed by atoms with E-state index in [0.29, 0.717) is 29.3 Å². The summed E-state index contributed by atoms with van der Waals surface area (Å²) in [5.74, 6) is 1.03. The maximum atomic E-state index is 6.24. The van der Waals surface area contributed by atoms with Crippen LogP contribution in [0.5, 0.6) is 0 Å². The summed E-state index contributed by atoms with van der Waals surface area (Å²) in [6, 6.07) is 9.94. The first-order chi connectivity index (χ1) is 11.0. The minimum Gasteiger partial charge on any atom is -0.363 e. The Labute approximate surface area is 143 Å². The lowest BCUT2D eigenvalue weighted by Gasteiger charge is -2.14. The molecule has 3 rings (SSSR count). The molecule has 0 spiro atoms. The highest BCUT2D eigenvalue weighted by molar-refractivity contribution is 6.32. The summed E-state index contributed by atoms with van der Waals surface area (Å²) in [6.45, 7) is 0.583. The monoisotopic (exact) mass is 348 g/mol. The highest BCUT2D eigenvalue weighted by Gasteiger charge is 2.15. The van der Waals surface area contributed by atoms with Gasteiger partial charge in [-0.15, -0.1) is 0 Å². The van der Waals surface area contributed by atoms with Crippen molar-refractivity contribution in [3.8, 4) is 0 Å². The molecule has 8 heteroatoms. The molecule has 1 aromatic carbocycles. The van der Waals surface area contributed by atoms with Gasteiger partial charge in [0.1, 0.15) is 0 Å². The van der Waals surface area contributed by atoms with Crippen molar-refractivity contribution in [1.82, 2.24) is 19.9 Å². The number of rotatable bonds is 4. The Morgan fingerprint density at radius 2 is 1.74 bits per heavy atom. The first-order valence-electron chi connectivity index (χ1n) is 6.90. The largest absolute Gasteiger partial charge is 0.363 e. The highest BCUT2D eigenvalue weighted by atomic mass is 35.5. The number of anilines is 2. The van der Waals surface area contributed by atoms with E-state index in [1.54, 1.807) is 4.90 Å². The van der Waals surface area contributed by atoms with Gasteiger partial charge >= 0.3 is 0 Å². The van der Waals surface area contributed by atoms with Gasteiger partial charge in [-0.1, -0.05) is 41.9 Å². The van der Waals surface area contributed by atoms with Gasteiger partial charge in [0.2, 0.25) is 5.28 Å². The molecule has 6 nitrogen and oxygen atoms in total. The first-order valence-corrected chi connectivity index (χ1v) is 7.66. The Kier molecular flexibility index (Phi) is 4.45. The molecular formula is C15H14Cl2N6. The fraction of sp³-hybridized carbons (Fsp3) is 0.200. The SMILES string of the molecule is CN(C)c1nc(Cl)nc2nc(NCc3ccccc3)c(Cl)nc12. The quantitative estimate of drug-likeness (QED) is 0.728. The van der Waals surface area contributed by atoms with E-state index in [9.17, 15) is 0 Å². The minimum absolute atomic E-state index is 0.117. The molecule has 0 aliphatic carbocycles. The number of hydrogen-bond donors (Lipinski definition) is 1. The number of aromatic nitrogens is 4. The first kappa shape index (κ1) is 15.7. The molecule has 118 valence electrons. The number of hydrogen-bond acceptors (Lipinski definition) is 6. The number of nitrogens with zero attached hydrogens (tertiary/aromatic N) is 5. The molecule has 2 aromatic heterocycles. The van der Waals surface area contributed by atoms with Crippen molar-refractivity contribution in [2.45, 2.75) is 6.54 Å². The predicted molar refractivity (Wildman–Crippen MR) is 93.2 cm³/mol. The number of fused-ring (bicyclic) bond motifs is 1. The normalized spacial score (nSPS) is 10.8. The third-order valence-corrected chi connectivity index (χ3v) is 3.60. The molecule has 0 atom stereocenters. The summed E-state index contributed by atoms with van der Waals surface area (Å²) in [4.78, 5) is 18.9. The molecule has 3 aromatic rings. The zero-order chi connectivity index (χ0) is 16.4. The molecule has 1 N–H and O–H groups in total. The van der Waals surface area contributed by atoms with Crippen molar-refractivity contribution < 1.29 is 0 Å². The maximum absolute atomic E-state index is 6.24. The summed E-state index contributed by atoms with van der Waals surface area (Å²) in [5.41, 5.74) is 2.02. The van der Waals surface area contributed by atoms with Crippen molar-refractivity contribution in [3.63, 3.8) is 0 Å². The molecule has 0 aliphatic heterocycles. The van der Waals surface area contributed by atoms with Crippen molar-refractivity contribution >= 4 is 46.0 Å². The summed E-state index contributed by atoms with van der Waals surface area (Å²) in [5, 5.41) is 3.55. The summed E-state index contributed by atoms with van der Waals surface area (Å²) >= 11 is 12.2. The van der Waals surface area contributed by atoms with Crippen LogP contribution >= 0.6 is 23.2 Å². The van der Waals surface area contributed by atoms with Crippen molar-refractivity contribution in [3.05, 3.63) is 46.3 Å². The van der Waals surface area contributed by atoms with E-state index in [1.165, 1.54) is 0 Å². The topological polar surface area (TPSA) is 66.8 Å². The molecule has 0 fully saturated rings. The fourth-order valence-electron chi connectivity index (χ4n) is 2.09. The van der Waals surface area contributed by atoms with E-state index < -0.39 is 0 Å². The van der Waals surface area contributed by atoms with Gasteiger partial charge in [-0.25, -0.2) is 9.97 Å². The van der Waals surface area contributed by atoms with Crippen LogP contribution in [0.25, 0.3) is 11.2 Å². The molecule has 0 saturated carbocycles. The molecule has 0 radical (unpaired) electrons. The smallest absolute Gasteiger partial charge is 0.226 e. The van der Waals surface area contributed by atoms with E-state index in [2.05, 4.69) is 25.3 Å². The highest BCUT2D eigenvalue weighted by Crippen LogP contribution is 2.26. The molecule has 0 unspecified atom stereocenters. The summed E-state index contributed by atoms with van der Waals surface area (Å²) < 4.78 is 0. The molecule has 0 bridgehead atoms. The molecule has 0 aliphatic rings. The van der Waals surface area contributed by atoms with Crippen LogP contribution < -0.4 is 10.2 Å². The van der Waals surface area contributed by atoms with Crippen LogP contribution in [0.15, 0.2) is 30.3 Å². The summed E-state index contributed by atoms with van der Waals surface area (Å²) in [7, 11) is 3.69. The molecule has 0 saturated heterocycles. The second-order valence-electron chi connectivity index (χ2n) is 5.09. The van der Waals surface area contributed by atoms with Crippen LogP contribution in [0.1, 0.15) is 5.56 Å². The van der Waals surface area contributed by atoms with Gasteiger partial charge in [0.05, 0.1) is 0 Å². The van der Waals surface area contributed by atoms with Crippen LogP contribution in [0, 0.1) is 0 Å². The maximum Gasteiger partial charge on any atom is 0.226 e. The third-order valence-electron chi connectivity index (χ3n) is 3.17. The van der Waals surface area contributed by atoms with Gasteiger partial charge in [-0.05, 0) is 17.2 Å². The zero-order valence-electron chi connectivity index (χ0n) is 12.6. The Bertz CT molecular complexity index is 838. The lowest BCUT2D eigenvalue weighted by atomic mass is 10.2. The minimum atomic E-state index is 0.117. The standard InChI is InChI=1S/C15H14Cl2N6/c1-23(2)14-10-12(21-15(17)22-14)20-13(11(16)19-10)18-8-9-6-4-3-5-7-9/h3-7H,8H2,1-2H3,(H,18,20,21,22). The van der Waals surface area contributed by atoms with Gasteiger partial charge in [-0.2, -0.15) is 9.97 Å². The van der Waals surface area contributed by atoms with E-state index >= 15 is 0 Å². The zero-order valence-corrected chi connectivity index (χ0v) is 14.1. The van der Waals surface area contributed by atoms with E-state index in [4.69, 9.17) is 23.2 Å². The van der Waals surface area contributed by atoms with E-state index in [1.807, 2.05) is 44.4 Å². The molecule has 23 heavy (non-hydrogen) atoms. The second kappa shape index (κ2) is 6.52. The Balaban J connectivity index is 1.97. The van der Waals surface area contributed by atoms with Crippen LogP contribution in [0.2, 0.25) is 10.4 Å². The Hall–Kier alpha value is -2.18. The van der Waals surface area contributed by atoms with Gasteiger partial charge < -0.3 is 10.2 Å². The fourth-order valence-corrected chi connectivity index (χ4v) is 2.45. The Morgan fingerprint density at radius 1 is 1.00 bits per heavy atom. The van der Waals surface area contributed by atoms with Crippen molar-refractivity contribution in [2.24, 2.45) is 0 Å². The number of benzene rings is 1. The van der Waals surface area contributed by atoms with Crippen molar-refractivity contribution in [2.75, 3.05) is 24.3 Å². The van der Waals surface area contributed by atoms with Crippen LogP contribution in [0.3, 0.4) is 0 Å². The van der Waals surface area contributed by atoms with Gasteiger partial charge in [0.15, 0.2) is 28.0 Å². The van der Waals surface area contributed by atoms with E-state index in [0.717, 1.165) is 5.56 Å². The molecule has 2 heterocycles. The Morgan fingerprint density at radius 3 is 2.43 bits per heavy atom. The van der Waals surface area contributed by atoms with Crippen molar-refractivity contribution in [1.29, 1.82) is 0 Å². The number of halogens is 2. The van der Waals surface area contributed by atoms with Crippen LogP contribution in [-0.2, 0) is 6.54 Å². The van der Waals surface area contributed by atoms with E-state index in [-0.39, 0.29) is 10.4 Å². The van der Waals surface area contributed by atoms with Crippen LogP contribution in [-0.4, -0.2) is 34.0 Å². The average molecular weight is 349 g/mol. The number of nitrogens with one attached hydrogen (secondary N) is 1. The van der Waals surface area contributed by atoms with Gasteiger partial charge in [0, 0.05) is 20.6 Å². The van der Waals surface area contributed by atoms with Crippen LogP contribution in [0.4, 0.5) is 11.6 Å². The average Bonchev–Trinajstić information content (AvgIpc) is 2.53. The summed E-state index contributed by atoms with van der Waals surface area (Å²) in [6.07, 6.45) is 0. The third kappa shape index (κ3) is 3.43. The van der Waals surface area contributed by atoms with Gasteiger partial charge in [-0.3, -0.25) is 0 Å². The lowest BCUT2D eigenvalue weighted by Crippen LogP contribution is -2.13.